The molecule has 9 rings (SSSR count). The van der Waals surface area contributed by atoms with Crippen molar-refractivity contribution >= 4 is 43.1 Å². The van der Waals surface area contributed by atoms with Crippen molar-refractivity contribution in [1.82, 2.24) is 0 Å². The van der Waals surface area contributed by atoms with Crippen LogP contribution in [0.3, 0.4) is 0 Å². The standard InChI is InChI=1S/C46H30/c1-3-11-31(12-4-1)35-23-25-41-39-17-9-7-15-37(39)29-43(45(41)27-35)33-19-21-34(22-20-33)44-30-38-16-8-10-18-40(38)42-26-24-36(28-46(42)44)32-13-5-2-6-14-32/h1-30H. The average Bonchev–Trinajstić information content (AvgIpc) is 3.14. The van der Waals surface area contributed by atoms with E-state index in [2.05, 4.69) is 182 Å². The van der Waals surface area contributed by atoms with E-state index in [4.69, 9.17) is 0 Å². The maximum atomic E-state index is 2.36. The number of hydrogen-bond acceptors (Lipinski definition) is 0. The number of benzene rings is 9. The number of rotatable bonds is 4. The zero-order valence-electron chi connectivity index (χ0n) is 25.3. The Morgan fingerprint density at radius 2 is 0.565 bits per heavy atom. The molecule has 0 aliphatic rings. The number of hydrogen-bond donors (Lipinski definition) is 0. The molecule has 0 amide bonds. The second kappa shape index (κ2) is 10.9. The number of fused-ring (bicyclic) bond motifs is 6. The zero-order valence-corrected chi connectivity index (χ0v) is 25.3. The van der Waals surface area contributed by atoms with E-state index in [1.807, 2.05) is 0 Å². The van der Waals surface area contributed by atoms with Gasteiger partial charge in [-0.15, -0.1) is 0 Å². The van der Waals surface area contributed by atoms with E-state index in [-0.39, 0.29) is 0 Å². The lowest BCUT2D eigenvalue weighted by molar-refractivity contribution is 1.62. The van der Waals surface area contributed by atoms with E-state index in [9.17, 15) is 0 Å². The Morgan fingerprint density at radius 1 is 0.196 bits per heavy atom. The third-order valence-corrected chi connectivity index (χ3v) is 9.44. The minimum Gasteiger partial charge on any atom is -0.0622 e. The normalized spacial score (nSPS) is 11.5. The highest BCUT2D eigenvalue weighted by atomic mass is 14.2. The van der Waals surface area contributed by atoms with Gasteiger partial charge in [0.1, 0.15) is 0 Å². The van der Waals surface area contributed by atoms with Crippen LogP contribution < -0.4 is 0 Å². The largest absolute Gasteiger partial charge is 0.0622 e. The van der Waals surface area contributed by atoms with Crippen LogP contribution in [0.25, 0.3) is 87.6 Å². The lowest BCUT2D eigenvalue weighted by Crippen LogP contribution is -1.88. The van der Waals surface area contributed by atoms with Crippen molar-refractivity contribution < 1.29 is 0 Å². The van der Waals surface area contributed by atoms with Gasteiger partial charge in [-0.1, -0.05) is 158 Å². The molecule has 214 valence electrons. The molecule has 0 atom stereocenters. The van der Waals surface area contributed by atoms with Crippen LogP contribution in [0, 0.1) is 0 Å². The van der Waals surface area contributed by atoms with Crippen LogP contribution in [0.4, 0.5) is 0 Å². The molecule has 9 aromatic rings. The topological polar surface area (TPSA) is 0 Å². The summed E-state index contributed by atoms with van der Waals surface area (Å²) in [6.45, 7) is 0. The van der Waals surface area contributed by atoms with Gasteiger partial charge in [-0.2, -0.15) is 0 Å². The van der Waals surface area contributed by atoms with E-state index < -0.39 is 0 Å². The van der Waals surface area contributed by atoms with Crippen LogP contribution in [0.1, 0.15) is 0 Å². The van der Waals surface area contributed by atoms with Crippen molar-refractivity contribution in [2.45, 2.75) is 0 Å². The Morgan fingerprint density at radius 3 is 1.00 bits per heavy atom. The van der Waals surface area contributed by atoms with Gasteiger partial charge in [-0.25, -0.2) is 0 Å². The Hall–Kier alpha value is -5.98. The van der Waals surface area contributed by atoms with E-state index in [0.717, 1.165) is 0 Å². The van der Waals surface area contributed by atoms with Gasteiger partial charge in [0.2, 0.25) is 0 Å². The van der Waals surface area contributed by atoms with Gasteiger partial charge in [-0.3, -0.25) is 0 Å². The van der Waals surface area contributed by atoms with Crippen molar-refractivity contribution in [3.8, 4) is 44.5 Å². The van der Waals surface area contributed by atoms with Gasteiger partial charge in [-0.05, 0) is 112 Å². The summed E-state index contributed by atoms with van der Waals surface area (Å²) in [6.07, 6.45) is 0. The molecule has 0 aliphatic carbocycles. The summed E-state index contributed by atoms with van der Waals surface area (Å²) in [4.78, 5) is 0. The fraction of sp³-hybridized carbons (Fsp3) is 0. The Balaban J connectivity index is 1.23. The molecule has 0 radical (unpaired) electrons. The molecule has 0 spiro atoms. The van der Waals surface area contributed by atoms with Crippen LogP contribution >= 0.6 is 0 Å². The first-order valence-electron chi connectivity index (χ1n) is 15.9. The molecule has 0 aliphatic heterocycles. The minimum atomic E-state index is 1.22. The van der Waals surface area contributed by atoms with Crippen molar-refractivity contribution in [1.29, 1.82) is 0 Å². The first-order valence-corrected chi connectivity index (χ1v) is 15.9. The van der Waals surface area contributed by atoms with E-state index in [1.165, 1.54) is 87.6 Å². The van der Waals surface area contributed by atoms with Crippen LogP contribution in [0.15, 0.2) is 182 Å². The van der Waals surface area contributed by atoms with Gasteiger partial charge in [0.15, 0.2) is 0 Å². The van der Waals surface area contributed by atoms with Crippen LogP contribution in [-0.4, -0.2) is 0 Å². The molecule has 0 heterocycles. The predicted molar refractivity (Wildman–Crippen MR) is 198 cm³/mol. The maximum absolute atomic E-state index is 2.36. The molecule has 0 bridgehead atoms. The van der Waals surface area contributed by atoms with Gasteiger partial charge >= 0.3 is 0 Å². The highest BCUT2D eigenvalue weighted by molar-refractivity contribution is 6.16. The molecule has 0 nitrogen and oxygen atoms in total. The van der Waals surface area contributed by atoms with Crippen molar-refractivity contribution in [3.63, 3.8) is 0 Å². The first kappa shape index (κ1) is 26.4. The van der Waals surface area contributed by atoms with E-state index >= 15 is 0 Å². The molecule has 0 heteroatoms. The first-order chi connectivity index (χ1) is 22.8. The molecule has 0 fully saturated rings. The summed E-state index contributed by atoms with van der Waals surface area (Å²) >= 11 is 0. The molecule has 9 aromatic carbocycles. The Labute approximate surface area is 268 Å². The highest BCUT2D eigenvalue weighted by Crippen LogP contribution is 2.40. The smallest absolute Gasteiger partial charge is 0.00928 e. The third kappa shape index (κ3) is 4.47. The van der Waals surface area contributed by atoms with Crippen molar-refractivity contribution in [2.24, 2.45) is 0 Å². The summed E-state index contributed by atoms with van der Waals surface area (Å²) in [5.41, 5.74) is 9.89. The summed E-state index contributed by atoms with van der Waals surface area (Å²) in [7, 11) is 0. The molecule has 46 heavy (non-hydrogen) atoms. The molecular weight excluding hydrogens is 553 g/mol. The Bertz CT molecular complexity index is 2360. The summed E-state index contributed by atoms with van der Waals surface area (Å²) in [5.74, 6) is 0. The van der Waals surface area contributed by atoms with Crippen LogP contribution in [0.5, 0.6) is 0 Å². The summed E-state index contributed by atoms with van der Waals surface area (Å²) < 4.78 is 0. The summed E-state index contributed by atoms with van der Waals surface area (Å²) in [5, 5.41) is 10.2. The van der Waals surface area contributed by atoms with Gasteiger partial charge in [0.05, 0.1) is 0 Å². The van der Waals surface area contributed by atoms with Crippen LogP contribution in [0.2, 0.25) is 0 Å². The van der Waals surface area contributed by atoms with E-state index in [1.54, 1.807) is 0 Å². The second-order valence-corrected chi connectivity index (χ2v) is 12.1. The lowest BCUT2D eigenvalue weighted by atomic mass is 9.89. The second-order valence-electron chi connectivity index (χ2n) is 12.1. The van der Waals surface area contributed by atoms with Crippen molar-refractivity contribution in [2.75, 3.05) is 0 Å². The zero-order chi connectivity index (χ0) is 30.5. The lowest BCUT2D eigenvalue weighted by Gasteiger charge is -2.15. The average molecular weight is 583 g/mol. The summed E-state index contributed by atoms with van der Waals surface area (Å²) in [6, 6.07) is 66.6. The quantitative estimate of drug-likeness (QED) is 0.181. The van der Waals surface area contributed by atoms with E-state index in [0.29, 0.717) is 0 Å². The molecule has 0 aromatic heterocycles. The molecule has 0 N–H and O–H groups in total. The molecular formula is C46H30. The maximum Gasteiger partial charge on any atom is -0.00928 e. The molecule has 0 unspecified atom stereocenters. The van der Waals surface area contributed by atoms with Gasteiger partial charge in [0.25, 0.3) is 0 Å². The SMILES string of the molecule is c1ccc(-c2ccc3c(c2)c(-c2ccc(-c4cc5ccccc5c5ccc(-c6ccccc6)cc45)cc2)cc2ccccc23)cc1. The van der Waals surface area contributed by atoms with Crippen LogP contribution in [-0.2, 0) is 0 Å². The third-order valence-electron chi connectivity index (χ3n) is 9.44. The monoisotopic (exact) mass is 582 g/mol. The van der Waals surface area contributed by atoms with Crippen molar-refractivity contribution in [3.05, 3.63) is 182 Å². The highest BCUT2D eigenvalue weighted by Gasteiger charge is 2.13. The Kier molecular flexibility index (Phi) is 6.25. The van der Waals surface area contributed by atoms with Gasteiger partial charge < -0.3 is 0 Å². The molecule has 0 saturated heterocycles. The fourth-order valence-electron chi connectivity index (χ4n) is 7.13. The predicted octanol–water partition coefficient (Wildman–Crippen LogP) is 13.0. The van der Waals surface area contributed by atoms with Gasteiger partial charge in [0, 0.05) is 0 Å². The minimum absolute atomic E-state index is 1.22. The molecule has 0 saturated carbocycles. The fourth-order valence-corrected chi connectivity index (χ4v) is 7.13.